The molecule has 0 saturated carbocycles. The molecule has 114 valence electrons. The standard InChI is InChI=1S/C14H23NO3S2/c1-4-15-14(2,11-16)9-10-19-12-5-7-13(8-6-12)20(3,17)18/h5-8,15-16H,4,9-11H2,1-3H3. The van der Waals surface area contributed by atoms with E-state index in [1.54, 1.807) is 23.9 Å². The highest BCUT2D eigenvalue weighted by atomic mass is 32.2. The van der Waals surface area contributed by atoms with Crippen LogP contribution in [0.1, 0.15) is 20.3 Å². The van der Waals surface area contributed by atoms with Gasteiger partial charge < -0.3 is 10.4 Å². The van der Waals surface area contributed by atoms with Crippen molar-refractivity contribution >= 4 is 21.6 Å². The van der Waals surface area contributed by atoms with Crippen molar-refractivity contribution in [3.05, 3.63) is 24.3 Å². The molecule has 4 nitrogen and oxygen atoms in total. The minimum absolute atomic E-state index is 0.106. The highest BCUT2D eigenvalue weighted by Gasteiger charge is 2.21. The van der Waals surface area contributed by atoms with E-state index in [2.05, 4.69) is 5.32 Å². The molecule has 0 spiro atoms. The molecule has 0 aliphatic rings. The molecule has 1 unspecified atom stereocenters. The first-order valence-corrected chi connectivity index (χ1v) is 9.47. The van der Waals surface area contributed by atoms with E-state index in [4.69, 9.17) is 0 Å². The van der Waals surface area contributed by atoms with Gasteiger partial charge in [-0.2, -0.15) is 0 Å². The van der Waals surface area contributed by atoms with E-state index in [9.17, 15) is 13.5 Å². The average Bonchev–Trinajstić information content (AvgIpc) is 2.38. The quantitative estimate of drug-likeness (QED) is 0.717. The fraction of sp³-hybridized carbons (Fsp3) is 0.571. The number of aliphatic hydroxyl groups excluding tert-OH is 1. The minimum Gasteiger partial charge on any atom is -0.394 e. The van der Waals surface area contributed by atoms with Gasteiger partial charge in [0.15, 0.2) is 9.84 Å². The Morgan fingerprint density at radius 1 is 1.30 bits per heavy atom. The molecule has 0 bridgehead atoms. The van der Waals surface area contributed by atoms with Crippen molar-refractivity contribution in [1.82, 2.24) is 5.32 Å². The summed E-state index contributed by atoms with van der Waals surface area (Å²) < 4.78 is 22.7. The Bertz CT molecular complexity index is 514. The zero-order chi connectivity index (χ0) is 15.2. The molecule has 0 saturated heterocycles. The first-order valence-electron chi connectivity index (χ1n) is 6.59. The molecular formula is C14H23NO3S2. The maximum Gasteiger partial charge on any atom is 0.175 e. The smallest absolute Gasteiger partial charge is 0.175 e. The van der Waals surface area contributed by atoms with E-state index >= 15 is 0 Å². The lowest BCUT2D eigenvalue weighted by molar-refractivity contribution is 0.173. The van der Waals surface area contributed by atoms with Gasteiger partial charge in [0.2, 0.25) is 0 Å². The molecule has 1 aromatic rings. The summed E-state index contributed by atoms with van der Waals surface area (Å²) in [6.07, 6.45) is 2.05. The van der Waals surface area contributed by atoms with Gasteiger partial charge in [-0.15, -0.1) is 11.8 Å². The van der Waals surface area contributed by atoms with E-state index in [1.807, 2.05) is 26.0 Å². The molecule has 0 aliphatic carbocycles. The number of aliphatic hydroxyl groups is 1. The summed E-state index contributed by atoms with van der Waals surface area (Å²) in [5.41, 5.74) is -0.256. The monoisotopic (exact) mass is 317 g/mol. The Kier molecular flexibility index (Phi) is 6.51. The van der Waals surface area contributed by atoms with Crippen LogP contribution in [0.3, 0.4) is 0 Å². The molecule has 2 N–H and O–H groups in total. The molecule has 0 radical (unpaired) electrons. The van der Waals surface area contributed by atoms with Crippen LogP contribution in [-0.4, -0.2) is 44.2 Å². The Balaban J connectivity index is 2.54. The van der Waals surface area contributed by atoms with Gasteiger partial charge in [-0.1, -0.05) is 6.92 Å². The van der Waals surface area contributed by atoms with E-state index in [1.165, 1.54) is 6.26 Å². The summed E-state index contributed by atoms with van der Waals surface area (Å²) in [4.78, 5) is 1.38. The molecule has 0 amide bonds. The second-order valence-electron chi connectivity index (χ2n) is 5.09. The van der Waals surface area contributed by atoms with Gasteiger partial charge >= 0.3 is 0 Å². The van der Waals surface area contributed by atoms with Crippen LogP contribution in [0, 0.1) is 0 Å². The number of sulfone groups is 1. The van der Waals surface area contributed by atoms with Crippen LogP contribution in [0.25, 0.3) is 0 Å². The summed E-state index contributed by atoms with van der Waals surface area (Å²) in [6, 6.07) is 6.91. The maximum absolute atomic E-state index is 11.4. The number of benzene rings is 1. The number of hydrogen-bond donors (Lipinski definition) is 2. The maximum atomic E-state index is 11.4. The van der Waals surface area contributed by atoms with Gasteiger partial charge in [0.25, 0.3) is 0 Å². The summed E-state index contributed by atoms with van der Waals surface area (Å²) in [7, 11) is -3.13. The number of rotatable bonds is 8. The van der Waals surface area contributed by atoms with Crippen molar-refractivity contribution in [3.8, 4) is 0 Å². The van der Waals surface area contributed by atoms with E-state index < -0.39 is 9.84 Å². The zero-order valence-corrected chi connectivity index (χ0v) is 13.9. The predicted molar refractivity (Wildman–Crippen MR) is 84.1 cm³/mol. The molecule has 20 heavy (non-hydrogen) atoms. The lowest BCUT2D eigenvalue weighted by atomic mass is 10.0. The molecule has 1 aromatic carbocycles. The van der Waals surface area contributed by atoms with Crippen molar-refractivity contribution < 1.29 is 13.5 Å². The van der Waals surface area contributed by atoms with Crippen LogP contribution >= 0.6 is 11.8 Å². The van der Waals surface area contributed by atoms with E-state index in [0.29, 0.717) is 4.90 Å². The SMILES string of the molecule is CCNC(C)(CO)CCSc1ccc(S(C)(=O)=O)cc1. The summed E-state index contributed by atoms with van der Waals surface area (Å²) in [5.74, 6) is 0.863. The van der Waals surface area contributed by atoms with Crippen LogP contribution < -0.4 is 5.32 Å². The fourth-order valence-corrected chi connectivity index (χ4v) is 3.57. The molecule has 6 heteroatoms. The van der Waals surface area contributed by atoms with E-state index in [0.717, 1.165) is 23.6 Å². The Labute approximate surface area is 125 Å². The van der Waals surface area contributed by atoms with Crippen LogP contribution in [0.2, 0.25) is 0 Å². The first kappa shape index (κ1) is 17.5. The molecule has 0 aromatic heterocycles. The first-order chi connectivity index (χ1) is 9.30. The number of thioether (sulfide) groups is 1. The normalized spacial score (nSPS) is 15.0. The molecule has 0 aliphatic heterocycles. The number of nitrogens with one attached hydrogen (secondary N) is 1. The highest BCUT2D eigenvalue weighted by molar-refractivity contribution is 7.99. The molecule has 0 fully saturated rings. The summed E-state index contributed by atoms with van der Waals surface area (Å²) in [6.45, 7) is 4.95. The molecular weight excluding hydrogens is 294 g/mol. The third-order valence-corrected chi connectivity index (χ3v) is 5.27. The number of likely N-dealkylation sites (N-methyl/N-ethyl adjacent to an activating group) is 1. The highest BCUT2D eigenvalue weighted by Crippen LogP contribution is 2.23. The van der Waals surface area contributed by atoms with Crippen LogP contribution in [-0.2, 0) is 9.84 Å². The summed E-state index contributed by atoms with van der Waals surface area (Å²) >= 11 is 1.66. The van der Waals surface area contributed by atoms with Crippen LogP contribution in [0.5, 0.6) is 0 Å². The van der Waals surface area contributed by atoms with Crippen molar-refractivity contribution in [1.29, 1.82) is 0 Å². The largest absolute Gasteiger partial charge is 0.394 e. The van der Waals surface area contributed by atoms with Gasteiger partial charge in [-0.25, -0.2) is 8.42 Å². The number of hydrogen-bond acceptors (Lipinski definition) is 5. The zero-order valence-electron chi connectivity index (χ0n) is 12.2. The molecule has 0 heterocycles. The van der Waals surface area contributed by atoms with Gasteiger partial charge in [0.1, 0.15) is 0 Å². The second-order valence-corrected chi connectivity index (χ2v) is 8.28. The van der Waals surface area contributed by atoms with Crippen molar-refractivity contribution in [2.24, 2.45) is 0 Å². The summed E-state index contributed by atoms with van der Waals surface area (Å²) in [5, 5.41) is 12.7. The lowest BCUT2D eigenvalue weighted by Crippen LogP contribution is -2.46. The Morgan fingerprint density at radius 3 is 2.35 bits per heavy atom. The van der Waals surface area contributed by atoms with Gasteiger partial charge in [0.05, 0.1) is 11.5 Å². The van der Waals surface area contributed by atoms with Gasteiger partial charge in [-0.05, 0) is 49.9 Å². The fourth-order valence-electron chi connectivity index (χ4n) is 1.83. The van der Waals surface area contributed by atoms with Gasteiger partial charge in [-0.3, -0.25) is 0 Å². The molecule has 1 atom stereocenters. The minimum atomic E-state index is -3.13. The average molecular weight is 317 g/mol. The van der Waals surface area contributed by atoms with Crippen molar-refractivity contribution in [2.45, 2.75) is 35.6 Å². The topological polar surface area (TPSA) is 66.4 Å². The van der Waals surface area contributed by atoms with Crippen LogP contribution in [0.15, 0.2) is 34.1 Å². The predicted octanol–water partition coefficient (Wildman–Crippen LogP) is 1.93. The third kappa shape index (κ3) is 5.44. The van der Waals surface area contributed by atoms with Crippen LogP contribution in [0.4, 0.5) is 0 Å². The Hall–Kier alpha value is -0.560. The van der Waals surface area contributed by atoms with E-state index in [-0.39, 0.29) is 12.1 Å². The Morgan fingerprint density at radius 2 is 1.90 bits per heavy atom. The van der Waals surface area contributed by atoms with Crippen molar-refractivity contribution in [3.63, 3.8) is 0 Å². The molecule has 1 rings (SSSR count). The van der Waals surface area contributed by atoms with Gasteiger partial charge in [0, 0.05) is 16.7 Å². The second kappa shape index (κ2) is 7.45. The third-order valence-electron chi connectivity index (χ3n) is 3.13. The lowest BCUT2D eigenvalue weighted by Gasteiger charge is -2.28. The van der Waals surface area contributed by atoms with Crippen molar-refractivity contribution in [2.75, 3.05) is 25.2 Å².